The highest BCUT2D eigenvalue weighted by Gasteiger charge is 2.11. The third kappa shape index (κ3) is 2.56. The summed E-state index contributed by atoms with van der Waals surface area (Å²) in [5.41, 5.74) is 8.11. The van der Waals surface area contributed by atoms with Crippen molar-refractivity contribution in [2.75, 3.05) is 30.3 Å². The fourth-order valence-corrected chi connectivity index (χ4v) is 3.88. The van der Waals surface area contributed by atoms with Gasteiger partial charge >= 0.3 is 0 Å². The summed E-state index contributed by atoms with van der Waals surface area (Å²) in [4.78, 5) is 6.80. The fraction of sp³-hybridized carbons (Fsp3) is 0.417. The van der Waals surface area contributed by atoms with E-state index in [-0.39, 0.29) is 0 Å². The first-order chi connectivity index (χ1) is 8.31. The molecule has 5 heteroatoms. The lowest BCUT2D eigenvalue weighted by Crippen LogP contribution is -2.31. The van der Waals surface area contributed by atoms with Crippen LogP contribution >= 0.6 is 23.1 Å². The van der Waals surface area contributed by atoms with Crippen molar-refractivity contribution in [1.82, 2.24) is 9.88 Å². The Morgan fingerprint density at radius 2 is 2.12 bits per heavy atom. The van der Waals surface area contributed by atoms with E-state index in [1.807, 2.05) is 11.8 Å². The lowest BCUT2D eigenvalue weighted by Gasteiger charge is -2.26. The lowest BCUT2D eigenvalue weighted by molar-refractivity contribution is 0.295. The Labute approximate surface area is 109 Å². The van der Waals surface area contributed by atoms with Gasteiger partial charge in [-0.05, 0) is 17.7 Å². The first-order valence-corrected chi connectivity index (χ1v) is 7.73. The van der Waals surface area contributed by atoms with E-state index < -0.39 is 0 Å². The van der Waals surface area contributed by atoms with E-state index in [1.165, 1.54) is 34.9 Å². The normalized spacial score (nSPS) is 17.6. The van der Waals surface area contributed by atoms with E-state index in [2.05, 4.69) is 28.1 Å². The van der Waals surface area contributed by atoms with Gasteiger partial charge in [-0.2, -0.15) is 11.8 Å². The lowest BCUT2D eigenvalue weighted by atomic mass is 10.2. The molecule has 0 atom stereocenters. The van der Waals surface area contributed by atoms with Crippen molar-refractivity contribution in [3.8, 4) is 0 Å². The number of rotatable bonds is 2. The molecule has 0 bridgehead atoms. The van der Waals surface area contributed by atoms with Gasteiger partial charge in [0, 0.05) is 31.1 Å². The van der Waals surface area contributed by atoms with E-state index in [9.17, 15) is 0 Å². The van der Waals surface area contributed by atoms with Crippen molar-refractivity contribution in [1.29, 1.82) is 0 Å². The van der Waals surface area contributed by atoms with E-state index >= 15 is 0 Å². The van der Waals surface area contributed by atoms with Crippen molar-refractivity contribution in [3.05, 3.63) is 23.8 Å². The molecule has 0 saturated carbocycles. The molecule has 3 nitrogen and oxygen atoms in total. The Morgan fingerprint density at radius 1 is 1.29 bits per heavy atom. The number of hydrogen-bond donors (Lipinski definition) is 1. The molecule has 1 aromatic heterocycles. The molecule has 1 aliphatic rings. The summed E-state index contributed by atoms with van der Waals surface area (Å²) in [6.07, 6.45) is 0. The number of nitrogen functional groups attached to an aromatic ring is 1. The first kappa shape index (κ1) is 11.3. The van der Waals surface area contributed by atoms with Gasteiger partial charge in [0.1, 0.15) is 0 Å². The molecule has 0 unspecified atom stereocenters. The van der Waals surface area contributed by atoms with Gasteiger partial charge in [0.05, 0.1) is 10.2 Å². The predicted molar refractivity (Wildman–Crippen MR) is 76.6 cm³/mol. The zero-order chi connectivity index (χ0) is 11.7. The maximum atomic E-state index is 5.72. The molecule has 0 amide bonds. The Bertz CT molecular complexity index is 517. The topological polar surface area (TPSA) is 42.1 Å². The molecule has 1 aromatic carbocycles. The van der Waals surface area contributed by atoms with Crippen molar-refractivity contribution < 1.29 is 0 Å². The van der Waals surface area contributed by atoms with Gasteiger partial charge in [0.15, 0.2) is 5.13 Å². The third-order valence-corrected chi connectivity index (χ3v) is 4.77. The van der Waals surface area contributed by atoms with Crippen LogP contribution in [0.2, 0.25) is 0 Å². The molecule has 1 fully saturated rings. The minimum absolute atomic E-state index is 0.659. The summed E-state index contributed by atoms with van der Waals surface area (Å²) in [5.74, 6) is 2.52. The number of nitrogens with two attached hydrogens (primary N) is 1. The highest BCUT2D eigenvalue weighted by atomic mass is 32.2. The monoisotopic (exact) mass is 265 g/mol. The first-order valence-electron chi connectivity index (χ1n) is 5.76. The third-order valence-electron chi connectivity index (χ3n) is 2.98. The Morgan fingerprint density at radius 3 is 2.94 bits per heavy atom. The summed E-state index contributed by atoms with van der Waals surface area (Å²) in [5, 5.41) is 0.659. The number of nitrogens with zero attached hydrogens (tertiary/aromatic N) is 2. The van der Waals surface area contributed by atoms with Crippen LogP contribution in [0.1, 0.15) is 5.56 Å². The van der Waals surface area contributed by atoms with Crippen molar-refractivity contribution in [2.24, 2.45) is 0 Å². The summed E-state index contributed by atoms with van der Waals surface area (Å²) in [6, 6.07) is 6.48. The van der Waals surface area contributed by atoms with Gasteiger partial charge in [-0.3, -0.25) is 4.90 Å². The number of anilines is 1. The van der Waals surface area contributed by atoms with Gasteiger partial charge in [-0.15, -0.1) is 0 Å². The SMILES string of the molecule is Nc1nc2ccc(CN3CCSCC3)cc2s1. The van der Waals surface area contributed by atoms with Crippen molar-refractivity contribution in [3.63, 3.8) is 0 Å². The van der Waals surface area contributed by atoms with Crippen molar-refractivity contribution >= 4 is 38.4 Å². The van der Waals surface area contributed by atoms with Crippen LogP contribution in [0.25, 0.3) is 10.2 Å². The van der Waals surface area contributed by atoms with Crippen LogP contribution in [0.5, 0.6) is 0 Å². The van der Waals surface area contributed by atoms with Crippen molar-refractivity contribution in [2.45, 2.75) is 6.54 Å². The number of thiazole rings is 1. The zero-order valence-electron chi connectivity index (χ0n) is 9.56. The molecule has 17 heavy (non-hydrogen) atoms. The van der Waals surface area contributed by atoms with E-state index in [4.69, 9.17) is 5.73 Å². The van der Waals surface area contributed by atoms with E-state index in [0.717, 1.165) is 12.1 Å². The van der Waals surface area contributed by atoms with Gasteiger partial charge in [-0.1, -0.05) is 17.4 Å². The highest BCUT2D eigenvalue weighted by Crippen LogP contribution is 2.25. The van der Waals surface area contributed by atoms with Crippen LogP contribution in [-0.4, -0.2) is 34.5 Å². The molecule has 3 rings (SSSR count). The predicted octanol–water partition coefficient (Wildman–Crippen LogP) is 2.43. The van der Waals surface area contributed by atoms with E-state index in [0.29, 0.717) is 5.13 Å². The smallest absolute Gasteiger partial charge is 0.181 e. The molecule has 0 aliphatic carbocycles. The second kappa shape index (κ2) is 4.84. The average molecular weight is 265 g/mol. The average Bonchev–Trinajstić information content (AvgIpc) is 2.70. The Hall–Kier alpha value is -0.780. The number of hydrogen-bond acceptors (Lipinski definition) is 5. The molecule has 0 spiro atoms. The Balaban J connectivity index is 1.79. The number of fused-ring (bicyclic) bond motifs is 1. The van der Waals surface area contributed by atoms with Gasteiger partial charge in [0.2, 0.25) is 0 Å². The highest BCUT2D eigenvalue weighted by molar-refractivity contribution is 7.99. The van der Waals surface area contributed by atoms with Crippen LogP contribution in [0.15, 0.2) is 18.2 Å². The molecule has 2 N–H and O–H groups in total. The number of benzene rings is 1. The summed E-state index contributed by atoms with van der Waals surface area (Å²) >= 11 is 3.62. The molecular formula is C12H15N3S2. The Kier molecular flexibility index (Phi) is 3.22. The molecule has 1 saturated heterocycles. The number of aromatic nitrogens is 1. The van der Waals surface area contributed by atoms with Gasteiger partial charge in [-0.25, -0.2) is 4.98 Å². The largest absolute Gasteiger partial charge is 0.375 e. The molecular weight excluding hydrogens is 250 g/mol. The summed E-state index contributed by atoms with van der Waals surface area (Å²) in [6.45, 7) is 3.45. The van der Waals surface area contributed by atoms with Crippen LogP contribution < -0.4 is 5.73 Å². The maximum absolute atomic E-state index is 5.72. The second-order valence-corrected chi connectivity index (χ2v) is 6.53. The molecule has 90 valence electrons. The second-order valence-electron chi connectivity index (χ2n) is 4.24. The molecule has 1 aliphatic heterocycles. The van der Waals surface area contributed by atoms with Crippen LogP contribution in [0, 0.1) is 0 Å². The molecule has 0 radical (unpaired) electrons. The maximum Gasteiger partial charge on any atom is 0.181 e. The quantitative estimate of drug-likeness (QED) is 0.905. The molecule has 2 aromatic rings. The van der Waals surface area contributed by atoms with Crippen LogP contribution in [0.4, 0.5) is 5.13 Å². The minimum Gasteiger partial charge on any atom is -0.375 e. The number of thioether (sulfide) groups is 1. The van der Waals surface area contributed by atoms with Gasteiger partial charge < -0.3 is 5.73 Å². The fourth-order valence-electron chi connectivity index (χ4n) is 2.10. The van der Waals surface area contributed by atoms with E-state index in [1.54, 1.807) is 11.3 Å². The summed E-state index contributed by atoms with van der Waals surface area (Å²) in [7, 11) is 0. The standard InChI is InChI=1S/C12H15N3S2/c13-12-14-10-2-1-9(7-11(10)17-12)8-15-3-5-16-6-4-15/h1-2,7H,3-6,8H2,(H2,13,14). The zero-order valence-corrected chi connectivity index (χ0v) is 11.2. The molecule has 2 heterocycles. The summed E-state index contributed by atoms with van der Waals surface area (Å²) < 4.78 is 1.20. The van der Waals surface area contributed by atoms with Crippen LogP contribution in [0.3, 0.4) is 0 Å². The van der Waals surface area contributed by atoms with Crippen LogP contribution in [-0.2, 0) is 6.54 Å². The minimum atomic E-state index is 0.659. The van der Waals surface area contributed by atoms with Gasteiger partial charge in [0.25, 0.3) is 0 Å².